The molecular formula is C26H25N9O. The Bertz CT molecular complexity index is 1450. The molecule has 180 valence electrons. The predicted octanol–water partition coefficient (Wildman–Crippen LogP) is 3.71. The van der Waals surface area contributed by atoms with Gasteiger partial charge in [0.1, 0.15) is 6.33 Å². The van der Waals surface area contributed by atoms with E-state index in [0.717, 1.165) is 52.9 Å². The summed E-state index contributed by atoms with van der Waals surface area (Å²) < 4.78 is 9.04. The molecule has 1 N–H and O–H groups in total. The quantitative estimate of drug-likeness (QED) is 0.394. The lowest BCUT2D eigenvalue weighted by atomic mass is 10.1. The summed E-state index contributed by atoms with van der Waals surface area (Å²) in [4.78, 5) is 15.7. The third-order valence-corrected chi connectivity index (χ3v) is 6.11. The molecule has 0 atom stereocenters. The molecular weight excluding hydrogens is 454 g/mol. The third-order valence-electron chi connectivity index (χ3n) is 6.11. The van der Waals surface area contributed by atoms with Crippen LogP contribution in [0.15, 0.2) is 79.4 Å². The smallest absolute Gasteiger partial charge is 0.245 e. The zero-order valence-corrected chi connectivity index (χ0v) is 19.8. The fourth-order valence-corrected chi connectivity index (χ4v) is 4.16. The molecule has 10 nitrogen and oxygen atoms in total. The summed E-state index contributed by atoms with van der Waals surface area (Å²) in [6, 6.07) is 20.1. The largest absolute Gasteiger partial charge is 0.378 e. The number of ether oxygens (including phenoxy) is 1. The maximum absolute atomic E-state index is 5.41. The number of anilines is 3. The number of aryl methyl sites for hydroxylation is 1. The van der Waals surface area contributed by atoms with Gasteiger partial charge in [-0.15, -0.1) is 5.10 Å². The van der Waals surface area contributed by atoms with Crippen LogP contribution in [-0.2, 0) is 11.8 Å². The molecule has 3 aromatic heterocycles. The van der Waals surface area contributed by atoms with Gasteiger partial charge in [-0.2, -0.15) is 10.1 Å². The van der Waals surface area contributed by atoms with Gasteiger partial charge >= 0.3 is 0 Å². The normalized spacial score (nSPS) is 13.6. The van der Waals surface area contributed by atoms with Gasteiger partial charge < -0.3 is 15.0 Å². The standard InChI is InChI=1S/C26H25N9O/c1-33-24(11-13-29-33)20-4-2-19(3-5-20)23-10-12-27-25(31-23)30-21-6-8-22(9-7-21)35-18-28-26(32-35)34-14-16-36-17-15-34/h2-13,18H,14-17H2,1H3,(H,27,30,31). The number of aromatic nitrogens is 7. The second kappa shape index (κ2) is 9.59. The fraction of sp³-hybridized carbons (Fsp3) is 0.192. The minimum atomic E-state index is 0.534. The van der Waals surface area contributed by atoms with E-state index in [0.29, 0.717) is 19.2 Å². The summed E-state index contributed by atoms with van der Waals surface area (Å²) in [5.41, 5.74) is 5.85. The first-order valence-electron chi connectivity index (χ1n) is 11.8. The molecule has 0 spiro atoms. The molecule has 0 amide bonds. The SMILES string of the molecule is Cn1nccc1-c1ccc(-c2ccnc(Nc3ccc(-n4cnc(N5CCOCC5)n4)cc3)n2)cc1. The Labute approximate surface area is 208 Å². The van der Waals surface area contributed by atoms with Crippen molar-refractivity contribution >= 4 is 17.6 Å². The lowest BCUT2D eigenvalue weighted by molar-refractivity contribution is 0.122. The van der Waals surface area contributed by atoms with Crippen LogP contribution < -0.4 is 10.2 Å². The van der Waals surface area contributed by atoms with Crippen LogP contribution in [0.3, 0.4) is 0 Å². The second-order valence-electron chi connectivity index (χ2n) is 8.44. The molecule has 6 rings (SSSR count). The molecule has 1 aliphatic rings. The van der Waals surface area contributed by atoms with Gasteiger partial charge in [0.05, 0.1) is 30.3 Å². The number of hydrogen-bond acceptors (Lipinski definition) is 8. The van der Waals surface area contributed by atoms with Gasteiger partial charge in [-0.05, 0) is 42.0 Å². The molecule has 0 unspecified atom stereocenters. The highest BCUT2D eigenvalue weighted by Crippen LogP contribution is 2.24. The maximum atomic E-state index is 5.41. The van der Waals surface area contributed by atoms with Gasteiger partial charge in [-0.25, -0.2) is 14.6 Å². The lowest BCUT2D eigenvalue weighted by Crippen LogP contribution is -2.37. The number of rotatable bonds is 6. The first-order valence-corrected chi connectivity index (χ1v) is 11.8. The van der Waals surface area contributed by atoms with E-state index in [9.17, 15) is 0 Å². The van der Waals surface area contributed by atoms with Crippen molar-refractivity contribution in [3.8, 4) is 28.2 Å². The highest BCUT2D eigenvalue weighted by Gasteiger charge is 2.15. The first-order chi connectivity index (χ1) is 17.7. The predicted molar refractivity (Wildman–Crippen MR) is 137 cm³/mol. The van der Waals surface area contributed by atoms with Crippen LogP contribution in [0.2, 0.25) is 0 Å². The molecule has 1 fully saturated rings. The average molecular weight is 480 g/mol. The molecule has 0 aliphatic carbocycles. The number of morpholine rings is 1. The van der Waals surface area contributed by atoms with E-state index in [1.807, 2.05) is 48.1 Å². The summed E-state index contributed by atoms with van der Waals surface area (Å²) in [7, 11) is 1.94. The van der Waals surface area contributed by atoms with E-state index < -0.39 is 0 Å². The third kappa shape index (κ3) is 4.53. The van der Waals surface area contributed by atoms with Crippen molar-refractivity contribution in [3.63, 3.8) is 0 Å². The summed E-state index contributed by atoms with van der Waals surface area (Å²) in [5.74, 6) is 1.25. The molecule has 0 radical (unpaired) electrons. The number of benzene rings is 2. The van der Waals surface area contributed by atoms with Crippen LogP contribution in [0.4, 0.5) is 17.6 Å². The molecule has 1 saturated heterocycles. The lowest BCUT2D eigenvalue weighted by Gasteiger charge is -2.25. The second-order valence-corrected chi connectivity index (χ2v) is 8.44. The fourth-order valence-electron chi connectivity index (χ4n) is 4.16. The van der Waals surface area contributed by atoms with Gasteiger partial charge in [0, 0.05) is 43.8 Å². The van der Waals surface area contributed by atoms with Crippen molar-refractivity contribution < 1.29 is 4.74 Å². The maximum Gasteiger partial charge on any atom is 0.245 e. The Morgan fingerprint density at radius 3 is 2.36 bits per heavy atom. The number of nitrogens with one attached hydrogen (secondary N) is 1. The minimum absolute atomic E-state index is 0.534. The zero-order chi connectivity index (χ0) is 24.3. The van der Waals surface area contributed by atoms with Gasteiger partial charge in [-0.1, -0.05) is 24.3 Å². The van der Waals surface area contributed by atoms with Gasteiger partial charge in [0.25, 0.3) is 0 Å². The van der Waals surface area contributed by atoms with Crippen molar-refractivity contribution in [2.75, 3.05) is 36.5 Å². The molecule has 4 heterocycles. The Kier molecular flexibility index (Phi) is 5.84. The van der Waals surface area contributed by atoms with E-state index in [4.69, 9.17) is 9.72 Å². The molecule has 5 aromatic rings. The summed E-state index contributed by atoms with van der Waals surface area (Å²) in [6.45, 7) is 3.02. The highest BCUT2D eigenvalue weighted by atomic mass is 16.5. The zero-order valence-electron chi connectivity index (χ0n) is 19.8. The van der Waals surface area contributed by atoms with Crippen molar-refractivity contribution in [2.45, 2.75) is 0 Å². The Hall–Kier alpha value is -4.57. The molecule has 0 bridgehead atoms. The van der Waals surface area contributed by atoms with Gasteiger partial charge in [0.15, 0.2) is 0 Å². The van der Waals surface area contributed by atoms with Crippen LogP contribution in [0.1, 0.15) is 0 Å². The molecule has 2 aromatic carbocycles. The van der Waals surface area contributed by atoms with Crippen molar-refractivity contribution in [2.24, 2.45) is 7.05 Å². The molecule has 36 heavy (non-hydrogen) atoms. The van der Waals surface area contributed by atoms with E-state index in [-0.39, 0.29) is 0 Å². The van der Waals surface area contributed by atoms with E-state index in [1.54, 1.807) is 23.4 Å². The van der Waals surface area contributed by atoms with Gasteiger partial charge in [0.2, 0.25) is 11.9 Å². The van der Waals surface area contributed by atoms with Crippen LogP contribution >= 0.6 is 0 Å². The van der Waals surface area contributed by atoms with E-state index in [1.165, 1.54) is 0 Å². The summed E-state index contributed by atoms with van der Waals surface area (Å²) in [6.07, 6.45) is 5.29. The van der Waals surface area contributed by atoms with Crippen LogP contribution in [0.25, 0.3) is 28.2 Å². The summed E-state index contributed by atoms with van der Waals surface area (Å²) >= 11 is 0. The van der Waals surface area contributed by atoms with E-state index >= 15 is 0 Å². The van der Waals surface area contributed by atoms with Crippen LogP contribution in [-0.4, -0.2) is 60.8 Å². The molecule has 0 saturated carbocycles. The molecule has 10 heteroatoms. The monoisotopic (exact) mass is 479 g/mol. The number of hydrogen-bond donors (Lipinski definition) is 1. The van der Waals surface area contributed by atoms with Crippen LogP contribution in [0, 0.1) is 0 Å². The highest BCUT2D eigenvalue weighted by molar-refractivity contribution is 5.67. The van der Waals surface area contributed by atoms with Crippen molar-refractivity contribution in [1.29, 1.82) is 0 Å². The Morgan fingerprint density at radius 1 is 0.833 bits per heavy atom. The van der Waals surface area contributed by atoms with Crippen molar-refractivity contribution in [3.05, 3.63) is 79.4 Å². The van der Waals surface area contributed by atoms with Crippen molar-refractivity contribution in [1.82, 2.24) is 34.5 Å². The average Bonchev–Trinajstić information content (AvgIpc) is 3.60. The first kappa shape index (κ1) is 21.9. The van der Waals surface area contributed by atoms with Gasteiger partial charge in [-0.3, -0.25) is 4.68 Å². The summed E-state index contributed by atoms with van der Waals surface area (Å²) in [5, 5.41) is 12.1. The van der Waals surface area contributed by atoms with E-state index in [2.05, 4.69) is 54.6 Å². The molecule has 1 aliphatic heterocycles. The Balaban J connectivity index is 1.15. The van der Waals surface area contributed by atoms with Crippen LogP contribution in [0.5, 0.6) is 0 Å². The Morgan fingerprint density at radius 2 is 1.61 bits per heavy atom. The topological polar surface area (TPSA) is 98.8 Å². The number of nitrogens with zero attached hydrogens (tertiary/aromatic N) is 8. The minimum Gasteiger partial charge on any atom is -0.378 e.